The molecule has 0 N–H and O–H groups in total. The first-order valence-electron chi connectivity index (χ1n) is 27.3. The van der Waals surface area contributed by atoms with Crippen LogP contribution in [0, 0.1) is 0 Å². The van der Waals surface area contributed by atoms with Crippen molar-refractivity contribution < 1.29 is 28.6 Å². The smallest absolute Gasteiger partial charge is 0.306 e. The quantitative estimate of drug-likeness (QED) is 0.0262. The van der Waals surface area contributed by atoms with E-state index in [0.717, 1.165) is 96.3 Å². The van der Waals surface area contributed by atoms with Gasteiger partial charge in [-0.2, -0.15) is 0 Å². The first-order valence-corrected chi connectivity index (χ1v) is 27.3. The Balaban J connectivity index is 4.50. The van der Waals surface area contributed by atoms with Gasteiger partial charge in [-0.25, -0.2) is 0 Å². The lowest BCUT2D eigenvalue weighted by Crippen LogP contribution is -2.30. The van der Waals surface area contributed by atoms with Crippen LogP contribution in [0.2, 0.25) is 0 Å². The molecular weight excluding hydrogens is 841 g/mol. The van der Waals surface area contributed by atoms with Crippen LogP contribution in [0.5, 0.6) is 0 Å². The van der Waals surface area contributed by atoms with Gasteiger partial charge in [-0.1, -0.05) is 251 Å². The highest BCUT2D eigenvalue weighted by atomic mass is 16.6. The molecule has 382 valence electrons. The van der Waals surface area contributed by atoms with Gasteiger partial charge in [0.2, 0.25) is 0 Å². The molecule has 0 aliphatic heterocycles. The molecule has 0 aromatic heterocycles. The molecule has 0 radical (unpaired) electrons. The topological polar surface area (TPSA) is 78.9 Å². The minimum atomic E-state index is -0.815. The Morgan fingerprint density at radius 3 is 0.985 bits per heavy atom. The molecule has 1 atom stereocenters. The number of ether oxygens (including phenoxy) is 3. The second-order valence-corrected chi connectivity index (χ2v) is 17.6. The zero-order valence-electron chi connectivity index (χ0n) is 43.6. The van der Waals surface area contributed by atoms with Crippen LogP contribution in [0.1, 0.15) is 220 Å². The lowest BCUT2D eigenvalue weighted by Gasteiger charge is -2.18. The largest absolute Gasteiger partial charge is 0.462 e. The number of esters is 3. The third-order valence-electron chi connectivity index (χ3n) is 11.1. The summed E-state index contributed by atoms with van der Waals surface area (Å²) in [6.45, 7) is 6.31. The van der Waals surface area contributed by atoms with E-state index in [1.54, 1.807) is 0 Å². The van der Waals surface area contributed by atoms with Gasteiger partial charge in [0.05, 0.1) is 0 Å². The van der Waals surface area contributed by atoms with E-state index in [9.17, 15) is 14.4 Å². The van der Waals surface area contributed by atoms with Crippen LogP contribution in [0.15, 0.2) is 134 Å². The van der Waals surface area contributed by atoms with Crippen molar-refractivity contribution in [3.05, 3.63) is 134 Å². The van der Waals surface area contributed by atoms with Gasteiger partial charge in [-0.3, -0.25) is 14.4 Å². The normalized spacial score (nSPS) is 13.2. The Bertz CT molecular complexity index is 1500. The molecule has 0 aliphatic carbocycles. The van der Waals surface area contributed by atoms with Crippen molar-refractivity contribution in [1.82, 2.24) is 0 Å². The molecule has 0 amide bonds. The van der Waals surface area contributed by atoms with Crippen molar-refractivity contribution in [2.24, 2.45) is 0 Å². The molecule has 0 saturated heterocycles. The third kappa shape index (κ3) is 52.5. The Morgan fingerprint density at radius 2 is 0.603 bits per heavy atom. The molecule has 0 bridgehead atoms. The zero-order chi connectivity index (χ0) is 49.3. The Labute approximate surface area is 417 Å². The number of hydrogen-bond acceptors (Lipinski definition) is 6. The molecule has 0 aromatic rings. The average molecular weight is 939 g/mol. The van der Waals surface area contributed by atoms with Gasteiger partial charge in [0.25, 0.3) is 0 Å². The van der Waals surface area contributed by atoms with Gasteiger partial charge in [0.15, 0.2) is 6.10 Å². The van der Waals surface area contributed by atoms with Gasteiger partial charge < -0.3 is 14.2 Å². The number of carbonyl (C=O) groups is 3. The standard InChI is InChI=1S/C62H98O6/c1-4-7-10-13-16-19-22-25-27-29-31-33-34-37-40-43-46-49-52-55-61(64)67-58-59(57-66-60(63)54-51-48-45-42-39-36-24-21-18-15-12-9-6-3)68-62(65)56-53-50-47-44-41-38-35-32-30-28-26-23-20-17-14-11-8-5-2/h9,11-12,14-26,28,30,32,35-36,39,59H,4-8,10,13,27,29,31,33-34,37-38,40-58H2,1-3H3/b12-9+,14-11+,18-15+,19-16+,20-17+,24-21+,25-22+,26-23+,30-28+,35-32+,39-36+. The molecule has 1 unspecified atom stereocenters. The maximum Gasteiger partial charge on any atom is 0.306 e. The molecular formula is C62H98O6. The number of carbonyl (C=O) groups excluding carboxylic acids is 3. The van der Waals surface area contributed by atoms with E-state index in [2.05, 4.69) is 81.5 Å². The molecule has 0 heterocycles. The van der Waals surface area contributed by atoms with Gasteiger partial charge in [0.1, 0.15) is 13.2 Å². The summed E-state index contributed by atoms with van der Waals surface area (Å²) in [7, 11) is 0. The van der Waals surface area contributed by atoms with Gasteiger partial charge in [0, 0.05) is 19.3 Å². The summed E-state index contributed by atoms with van der Waals surface area (Å²) in [6, 6.07) is 0. The summed E-state index contributed by atoms with van der Waals surface area (Å²) in [4.78, 5) is 38.1. The highest BCUT2D eigenvalue weighted by molar-refractivity contribution is 5.71. The SMILES string of the molecule is CC/C=C/C=C/C=C/C=C/CCCCCC(=O)OCC(COC(=O)CCCCCCCCCCCC/C=C/C=C/CCCCC)OC(=O)CCCCCCC/C=C/C=C/C=C/C=C/C=C/CCC. The van der Waals surface area contributed by atoms with Gasteiger partial charge >= 0.3 is 17.9 Å². The van der Waals surface area contributed by atoms with E-state index in [1.165, 1.54) is 83.5 Å². The Hall–Kier alpha value is -4.45. The molecule has 68 heavy (non-hydrogen) atoms. The van der Waals surface area contributed by atoms with E-state index in [-0.39, 0.29) is 37.5 Å². The number of unbranched alkanes of at least 4 members (excludes halogenated alkanes) is 22. The van der Waals surface area contributed by atoms with Crippen LogP contribution in [0.4, 0.5) is 0 Å². The van der Waals surface area contributed by atoms with Crippen molar-refractivity contribution in [2.75, 3.05) is 13.2 Å². The molecule has 0 aromatic carbocycles. The van der Waals surface area contributed by atoms with E-state index >= 15 is 0 Å². The number of hydrogen-bond donors (Lipinski definition) is 0. The number of rotatable bonds is 47. The van der Waals surface area contributed by atoms with Crippen LogP contribution >= 0.6 is 0 Å². The summed E-state index contributed by atoms with van der Waals surface area (Å²) >= 11 is 0. The third-order valence-corrected chi connectivity index (χ3v) is 11.1. The van der Waals surface area contributed by atoms with Gasteiger partial charge in [-0.15, -0.1) is 0 Å². The highest BCUT2D eigenvalue weighted by Crippen LogP contribution is 2.14. The van der Waals surface area contributed by atoms with Crippen molar-refractivity contribution in [1.29, 1.82) is 0 Å². The lowest BCUT2D eigenvalue weighted by atomic mass is 10.1. The molecule has 0 fully saturated rings. The first kappa shape index (κ1) is 63.5. The summed E-state index contributed by atoms with van der Waals surface area (Å²) < 4.78 is 16.8. The fraction of sp³-hybridized carbons (Fsp3) is 0.597. The van der Waals surface area contributed by atoms with E-state index in [1.807, 2.05) is 72.9 Å². The summed E-state index contributed by atoms with van der Waals surface area (Å²) in [5.74, 6) is -0.984. The summed E-state index contributed by atoms with van der Waals surface area (Å²) in [5.41, 5.74) is 0. The van der Waals surface area contributed by atoms with Crippen LogP contribution in [0.3, 0.4) is 0 Å². The second-order valence-electron chi connectivity index (χ2n) is 17.6. The summed E-state index contributed by atoms with van der Waals surface area (Å²) in [6.07, 6.45) is 77.1. The highest BCUT2D eigenvalue weighted by Gasteiger charge is 2.19. The molecule has 6 heteroatoms. The Kier molecular flexibility index (Phi) is 51.5. The van der Waals surface area contributed by atoms with Crippen LogP contribution in [-0.2, 0) is 28.6 Å². The van der Waals surface area contributed by atoms with Crippen molar-refractivity contribution in [3.63, 3.8) is 0 Å². The Morgan fingerprint density at radius 1 is 0.309 bits per heavy atom. The van der Waals surface area contributed by atoms with Crippen LogP contribution < -0.4 is 0 Å². The minimum absolute atomic E-state index is 0.108. The van der Waals surface area contributed by atoms with Crippen molar-refractivity contribution in [2.45, 2.75) is 226 Å². The fourth-order valence-corrected chi connectivity index (χ4v) is 7.00. The minimum Gasteiger partial charge on any atom is -0.462 e. The van der Waals surface area contributed by atoms with Crippen molar-refractivity contribution >= 4 is 17.9 Å². The average Bonchev–Trinajstić information content (AvgIpc) is 3.34. The van der Waals surface area contributed by atoms with Crippen LogP contribution in [-0.4, -0.2) is 37.2 Å². The lowest BCUT2D eigenvalue weighted by molar-refractivity contribution is -0.167. The second kappa shape index (κ2) is 55.1. The number of allylic oxidation sites excluding steroid dienone is 22. The van der Waals surface area contributed by atoms with E-state index < -0.39 is 6.10 Å². The maximum atomic E-state index is 12.8. The predicted octanol–water partition coefficient (Wildman–Crippen LogP) is 18.3. The first-order chi connectivity index (χ1) is 33.5. The summed E-state index contributed by atoms with van der Waals surface area (Å²) in [5, 5.41) is 0. The van der Waals surface area contributed by atoms with Crippen molar-refractivity contribution in [3.8, 4) is 0 Å². The van der Waals surface area contributed by atoms with Crippen LogP contribution in [0.25, 0.3) is 0 Å². The molecule has 6 nitrogen and oxygen atoms in total. The van der Waals surface area contributed by atoms with Gasteiger partial charge in [-0.05, 0) is 83.5 Å². The van der Waals surface area contributed by atoms with E-state index in [4.69, 9.17) is 14.2 Å². The molecule has 0 rings (SSSR count). The predicted molar refractivity (Wildman–Crippen MR) is 292 cm³/mol. The molecule has 0 aliphatic rings. The maximum absolute atomic E-state index is 12.8. The zero-order valence-corrected chi connectivity index (χ0v) is 43.6. The monoisotopic (exact) mass is 939 g/mol. The molecule has 0 spiro atoms. The van der Waals surface area contributed by atoms with E-state index in [0.29, 0.717) is 12.8 Å². The molecule has 0 saturated carbocycles. The fourth-order valence-electron chi connectivity index (χ4n) is 7.00.